The molecule has 148 valence electrons. The van der Waals surface area contributed by atoms with Gasteiger partial charge in [-0.3, -0.25) is 9.80 Å². The first-order valence-electron chi connectivity index (χ1n) is 9.90. The van der Waals surface area contributed by atoms with E-state index in [0.717, 1.165) is 36.8 Å². The Bertz CT molecular complexity index is 844. The van der Waals surface area contributed by atoms with Gasteiger partial charge in [-0.15, -0.1) is 0 Å². The lowest BCUT2D eigenvalue weighted by molar-refractivity contribution is -0.661. The molecule has 0 N–H and O–H groups in total. The van der Waals surface area contributed by atoms with E-state index >= 15 is 0 Å². The zero-order chi connectivity index (χ0) is 19.7. The van der Waals surface area contributed by atoms with Crippen molar-refractivity contribution in [2.75, 3.05) is 42.5 Å². The number of aryl methyl sites for hydroxylation is 2. The molecule has 0 unspecified atom stereocenters. The van der Waals surface area contributed by atoms with Gasteiger partial charge in [0.15, 0.2) is 0 Å². The Balaban J connectivity index is 1.44. The van der Waals surface area contributed by atoms with E-state index < -0.39 is 0 Å². The molecule has 0 radical (unpaired) electrons. The van der Waals surface area contributed by atoms with E-state index in [0.29, 0.717) is 24.0 Å². The summed E-state index contributed by atoms with van der Waals surface area (Å²) in [5, 5.41) is 0.689. The second-order valence-corrected chi connectivity index (χ2v) is 8.27. The number of aromatic nitrogens is 2. The van der Waals surface area contributed by atoms with Gasteiger partial charge in [-0.05, 0) is 49.9 Å². The van der Waals surface area contributed by atoms with Crippen LogP contribution in [0.2, 0.25) is 5.02 Å². The maximum absolute atomic E-state index is 13.3. The summed E-state index contributed by atoms with van der Waals surface area (Å²) in [5.74, 6) is 1.57. The third kappa shape index (κ3) is 4.22. The molecule has 28 heavy (non-hydrogen) atoms. The van der Waals surface area contributed by atoms with E-state index in [1.165, 1.54) is 12.8 Å². The molecule has 2 fully saturated rings. The minimum absolute atomic E-state index is 0.0927. The number of benzene rings is 1. The second kappa shape index (κ2) is 7.95. The van der Waals surface area contributed by atoms with E-state index in [4.69, 9.17) is 11.6 Å². The van der Waals surface area contributed by atoms with E-state index in [9.17, 15) is 4.79 Å². The smallest absolute Gasteiger partial charge is 0.318 e. The molecule has 0 bridgehead atoms. The molecule has 2 aliphatic rings. The Hall–Kier alpha value is -2.34. The quantitative estimate of drug-likeness (QED) is 0.741. The van der Waals surface area contributed by atoms with Crippen molar-refractivity contribution in [2.24, 2.45) is 13.0 Å². The van der Waals surface area contributed by atoms with Gasteiger partial charge in [0.25, 0.3) is 0 Å². The molecule has 7 heteroatoms. The van der Waals surface area contributed by atoms with Crippen LogP contribution in [-0.2, 0) is 7.05 Å². The average Bonchev–Trinajstić information content (AvgIpc) is 3.51. The van der Waals surface area contributed by atoms with Gasteiger partial charge in [0, 0.05) is 22.8 Å². The summed E-state index contributed by atoms with van der Waals surface area (Å²) < 4.78 is 2.06. The van der Waals surface area contributed by atoms with E-state index in [1.807, 2.05) is 54.2 Å². The molecule has 1 saturated carbocycles. The van der Waals surface area contributed by atoms with Crippen LogP contribution < -0.4 is 14.4 Å². The monoisotopic (exact) mass is 400 g/mol. The van der Waals surface area contributed by atoms with Gasteiger partial charge in [-0.2, -0.15) is 0 Å². The van der Waals surface area contributed by atoms with Crippen molar-refractivity contribution >= 4 is 29.3 Å². The van der Waals surface area contributed by atoms with Crippen molar-refractivity contribution in [1.82, 2.24) is 9.88 Å². The number of urea groups is 1. The fourth-order valence-electron chi connectivity index (χ4n) is 3.69. The first-order valence-corrected chi connectivity index (χ1v) is 10.3. The Kier molecular flexibility index (Phi) is 5.40. The molecule has 1 aromatic heterocycles. The number of anilines is 2. The lowest BCUT2D eigenvalue weighted by atomic mass is 10.2. The number of piperazine rings is 1. The van der Waals surface area contributed by atoms with Gasteiger partial charge in [0.1, 0.15) is 6.20 Å². The van der Waals surface area contributed by atoms with Gasteiger partial charge in [0.05, 0.1) is 39.4 Å². The van der Waals surface area contributed by atoms with Crippen molar-refractivity contribution in [3.8, 4) is 0 Å². The molecule has 1 aliphatic heterocycles. The number of halogens is 1. The highest BCUT2D eigenvalue weighted by molar-refractivity contribution is 6.30. The average molecular weight is 401 g/mol. The standard InChI is InChI=1S/C21H27ClN5O/c1-16-13-23-20(24(2)14-16)25-9-11-26(12-10-25)21(28)27(15-17-3-4-17)19-7-5-18(22)6-8-19/h5-8,13-14,17H,3-4,9-12,15H2,1-2H3/q+1. The van der Waals surface area contributed by atoms with Crippen LogP contribution in [-0.4, -0.2) is 48.6 Å². The Morgan fingerprint density at radius 3 is 2.50 bits per heavy atom. The van der Waals surface area contributed by atoms with Gasteiger partial charge < -0.3 is 4.90 Å². The molecule has 2 aromatic rings. The largest absolute Gasteiger partial charge is 0.393 e. The summed E-state index contributed by atoms with van der Waals surface area (Å²) in [5.41, 5.74) is 2.06. The van der Waals surface area contributed by atoms with Crippen LogP contribution in [0.4, 0.5) is 16.4 Å². The van der Waals surface area contributed by atoms with Crippen molar-refractivity contribution < 1.29 is 9.36 Å². The highest BCUT2D eigenvalue weighted by Gasteiger charge is 2.33. The number of carbonyl (C=O) groups excluding carboxylic acids is 1. The fourth-order valence-corrected chi connectivity index (χ4v) is 3.82. The third-order valence-electron chi connectivity index (χ3n) is 5.44. The highest BCUT2D eigenvalue weighted by Crippen LogP contribution is 2.32. The molecule has 1 saturated heterocycles. The maximum atomic E-state index is 13.3. The highest BCUT2D eigenvalue weighted by atomic mass is 35.5. The Labute approximate surface area is 171 Å². The van der Waals surface area contributed by atoms with Crippen molar-refractivity contribution in [3.05, 3.63) is 47.2 Å². The minimum Gasteiger partial charge on any atom is -0.318 e. The van der Waals surface area contributed by atoms with Crippen LogP contribution in [0, 0.1) is 12.8 Å². The van der Waals surface area contributed by atoms with Crippen molar-refractivity contribution in [1.29, 1.82) is 0 Å². The van der Waals surface area contributed by atoms with Crippen LogP contribution in [0.5, 0.6) is 0 Å². The van der Waals surface area contributed by atoms with Crippen LogP contribution in [0.3, 0.4) is 0 Å². The van der Waals surface area contributed by atoms with Gasteiger partial charge in [-0.25, -0.2) is 9.36 Å². The predicted octanol–water partition coefficient (Wildman–Crippen LogP) is 3.03. The summed E-state index contributed by atoms with van der Waals surface area (Å²) >= 11 is 6.03. The maximum Gasteiger partial charge on any atom is 0.393 e. The predicted molar refractivity (Wildman–Crippen MR) is 111 cm³/mol. The molecule has 2 amide bonds. The fraction of sp³-hybridized carbons (Fsp3) is 0.476. The van der Waals surface area contributed by atoms with Gasteiger partial charge in [0.2, 0.25) is 0 Å². The molecule has 0 spiro atoms. The molecule has 6 nitrogen and oxygen atoms in total. The van der Waals surface area contributed by atoms with Gasteiger partial charge >= 0.3 is 12.0 Å². The molecule has 1 aromatic carbocycles. The van der Waals surface area contributed by atoms with Crippen LogP contribution in [0.1, 0.15) is 18.4 Å². The topological polar surface area (TPSA) is 43.6 Å². The molecule has 4 rings (SSSR count). The van der Waals surface area contributed by atoms with Crippen LogP contribution in [0.25, 0.3) is 0 Å². The van der Waals surface area contributed by atoms with E-state index in [2.05, 4.69) is 20.6 Å². The van der Waals surface area contributed by atoms with Gasteiger partial charge in [-0.1, -0.05) is 16.6 Å². The number of rotatable bonds is 4. The van der Waals surface area contributed by atoms with Crippen molar-refractivity contribution in [3.63, 3.8) is 0 Å². The van der Waals surface area contributed by atoms with Crippen LogP contribution in [0.15, 0.2) is 36.7 Å². The lowest BCUT2D eigenvalue weighted by Gasteiger charge is -2.35. The van der Waals surface area contributed by atoms with Crippen molar-refractivity contribution in [2.45, 2.75) is 19.8 Å². The zero-order valence-electron chi connectivity index (χ0n) is 16.5. The Morgan fingerprint density at radius 2 is 1.89 bits per heavy atom. The second-order valence-electron chi connectivity index (χ2n) is 7.83. The number of carbonyl (C=O) groups is 1. The first-order chi connectivity index (χ1) is 13.5. The zero-order valence-corrected chi connectivity index (χ0v) is 17.3. The SMILES string of the molecule is Cc1cnc(N2CCN(C(=O)N(CC3CC3)c3ccc(Cl)cc3)CC2)[n+](C)c1. The summed E-state index contributed by atoms with van der Waals surface area (Å²) in [6, 6.07) is 7.68. The lowest BCUT2D eigenvalue weighted by Crippen LogP contribution is -2.55. The number of hydrogen-bond donors (Lipinski definition) is 0. The third-order valence-corrected chi connectivity index (χ3v) is 5.69. The Morgan fingerprint density at radius 1 is 1.21 bits per heavy atom. The van der Waals surface area contributed by atoms with E-state index in [1.54, 1.807) is 0 Å². The summed E-state index contributed by atoms with van der Waals surface area (Å²) in [6.07, 6.45) is 6.39. The molecule has 2 heterocycles. The number of hydrogen-bond acceptors (Lipinski definition) is 3. The normalized spacial score (nSPS) is 17.0. The summed E-state index contributed by atoms with van der Waals surface area (Å²) in [6.45, 7) is 5.79. The summed E-state index contributed by atoms with van der Waals surface area (Å²) in [7, 11) is 2.02. The number of amides is 2. The van der Waals surface area contributed by atoms with E-state index in [-0.39, 0.29) is 6.03 Å². The molecular formula is C21H27ClN5O+. The molecular weight excluding hydrogens is 374 g/mol. The summed E-state index contributed by atoms with van der Waals surface area (Å²) in [4.78, 5) is 24.0. The number of nitrogens with zero attached hydrogens (tertiary/aromatic N) is 5. The van der Waals surface area contributed by atoms with Crippen LogP contribution >= 0.6 is 11.6 Å². The minimum atomic E-state index is 0.0927. The molecule has 0 atom stereocenters. The molecule has 1 aliphatic carbocycles. The first kappa shape index (κ1) is 19.0.